The molecule has 6 aliphatic carbocycles. The molecule has 2 heterocycles. The van der Waals surface area contributed by atoms with Crippen LogP contribution in [0.25, 0.3) is 0 Å². The van der Waals surface area contributed by atoms with E-state index in [1.54, 1.807) is 36.4 Å². The Bertz CT molecular complexity index is 3020. The van der Waals surface area contributed by atoms with E-state index in [1.807, 2.05) is 12.1 Å². The van der Waals surface area contributed by atoms with Gasteiger partial charge in [0.2, 0.25) is 0 Å². The van der Waals surface area contributed by atoms with Gasteiger partial charge in [-0.15, -0.1) is 0 Å². The number of carbonyl (C=O) groups excluding carboxylic acids is 2. The van der Waals surface area contributed by atoms with Gasteiger partial charge in [0.05, 0.1) is 11.1 Å². The Hall–Kier alpha value is -5.90. The number of aliphatic hydroxyl groups excluding tert-OH is 6. The molecule has 8 aliphatic rings. The average molecular weight is 1140 g/mol. The number of aliphatic hydroxyl groups is 8. The quantitative estimate of drug-likeness (QED) is 0.0819. The van der Waals surface area contributed by atoms with E-state index in [9.17, 15) is 60.7 Å². The molecule has 4 aromatic rings. The molecular formula is C66H74O17. The number of esters is 2. The van der Waals surface area contributed by atoms with Crippen molar-refractivity contribution in [2.45, 2.75) is 175 Å². The molecule has 0 unspecified atom stereocenters. The van der Waals surface area contributed by atoms with Crippen LogP contribution in [0.2, 0.25) is 0 Å². The molecular weight excluding hydrogens is 1060 g/mol. The Labute approximate surface area is 482 Å². The van der Waals surface area contributed by atoms with E-state index in [4.69, 9.17) is 23.7 Å². The predicted molar refractivity (Wildman–Crippen MR) is 297 cm³/mol. The Morgan fingerprint density at radius 1 is 0.518 bits per heavy atom. The maximum Gasteiger partial charge on any atom is 0.338 e. The second kappa shape index (κ2) is 22.2. The number of fused-ring (bicyclic) bond motifs is 10. The van der Waals surface area contributed by atoms with Crippen molar-refractivity contribution < 1.29 is 84.3 Å². The van der Waals surface area contributed by atoms with E-state index in [-0.39, 0.29) is 22.6 Å². The number of benzene rings is 4. The lowest BCUT2D eigenvalue weighted by molar-refractivity contribution is -0.376. The number of phenolic OH excluding ortho intramolecular Hbond substituents is 2. The van der Waals surface area contributed by atoms with Gasteiger partial charge in [-0.05, 0) is 208 Å². The fourth-order valence-electron chi connectivity index (χ4n) is 16.3. The molecule has 0 spiro atoms. The smallest absolute Gasteiger partial charge is 0.338 e. The van der Waals surface area contributed by atoms with Crippen LogP contribution in [0.5, 0.6) is 11.5 Å². The molecule has 440 valence electrons. The summed E-state index contributed by atoms with van der Waals surface area (Å²) in [6, 6.07) is 24.0. The summed E-state index contributed by atoms with van der Waals surface area (Å²) in [7, 11) is 0. The Morgan fingerprint density at radius 3 is 1.31 bits per heavy atom. The maximum atomic E-state index is 13.3. The molecule has 0 radical (unpaired) electrons. The molecule has 2 saturated heterocycles. The summed E-state index contributed by atoms with van der Waals surface area (Å²) in [6.07, 6.45) is -7.70. The number of carbonyl (C=O) groups is 2. The molecule has 6 fully saturated rings. The summed E-state index contributed by atoms with van der Waals surface area (Å²) < 4.78 is 28.1. The highest BCUT2D eigenvalue weighted by Gasteiger charge is 2.63. The normalized spacial score (nSPS) is 39.3. The van der Waals surface area contributed by atoms with Crippen LogP contribution in [-0.4, -0.2) is 149 Å². The lowest BCUT2D eigenvalue weighted by Gasteiger charge is -2.52. The summed E-state index contributed by atoms with van der Waals surface area (Å²) in [5.41, 5.74) is 3.25. The first-order valence-electron chi connectivity index (χ1n) is 29.4. The van der Waals surface area contributed by atoms with E-state index in [0.29, 0.717) is 59.5 Å². The van der Waals surface area contributed by atoms with Crippen LogP contribution in [0, 0.1) is 58.2 Å². The van der Waals surface area contributed by atoms with Gasteiger partial charge in [0.15, 0.2) is 12.6 Å². The maximum absolute atomic E-state index is 13.3. The number of aromatic hydroxyl groups is 2. The molecule has 17 heteroatoms. The van der Waals surface area contributed by atoms with Crippen LogP contribution in [0.3, 0.4) is 0 Å². The van der Waals surface area contributed by atoms with E-state index in [1.165, 1.54) is 46.5 Å². The van der Waals surface area contributed by atoms with Crippen molar-refractivity contribution in [3.05, 3.63) is 129 Å². The molecule has 12 rings (SSSR count). The first-order valence-corrected chi connectivity index (χ1v) is 29.4. The number of aryl methyl sites for hydroxylation is 2. The van der Waals surface area contributed by atoms with Gasteiger partial charge >= 0.3 is 11.9 Å². The van der Waals surface area contributed by atoms with Gasteiger partial charge < -0.3 is 74.7 Å². The van der Waals surface area contributed by atoms with Crippen molar-refractivity contribution in [1.82, 2.24) is 0 Å². The molecule has 2 aliphatic heterocycles. The van der Waals surface area contributed by atoms with Gasteiger partial charge in [-0.2, -0.15) is 0 Å². The van der Waals surface area contributed by atoms with Crippen molar-refractivity contribution in [2.24, 2.45) is 34.5 Å². The summed E-state index contributed by atoms with van der Waals surface area (Å²) in [5.74, 6) is 13.9. The Balaban J connectivity index is 0.625. The minimum absolute atomic E-state index is 0.130. The van der Waals surface area contributed by atoms with Crippen LogP contribution in [0.4, 0.5) is 0 Å². The highest BCUT2D eigenvalue weighted by Crippen LogP contribution is 2.66. The van der Waals surface area contributed by atoms with Crippen molar-refractivity contribution >= 4 is 11.9 Å². The number of ether oxygens (including phenoxy) is 5. The zero-order valence-electron chi connectivity index (χ0n) is 46.5. The van der Waals surface area contributed by atoms with Gasteiger partial charge in [0, 0.05) is 22.0 Å². The molecule has 0 amide bonds. The molecule has 0 bridgehead atoms. The molecule has 0 aromatic heterocycles. The molecule has 4 aromatic carbocycles. The minimum atomic E-state index is -1.94. The second-order valence-electron chi connectivity index (χ2n) is 25.3. The van der Waals surface area contributed by atoms with Crippen LogP contribution < -0.4 is 0 Å². The third kappa shape index (κ3) is 10.2. The van der Waals surface area contributed by atoms with Crippen molar-refractivity contribution in [3.8, 4) is 35.2 Å². The SMILES string of the molecule is C[C@]12CC[C@@H]3c4ccc(O)cc4CC[C@H]3[C@@H]1CC[C@]2(O)C#Cc1ccc(C(=O)OC[C@H]2O[C@H](O[C@H]3O[C@H](COC(=O)c4ccc(C#C[C@@]5(O)CC[C@H]6[C@@H]7CCc8cc(O)ccc8[C@H]7CC[C@@]65C)cc4)[C@@H](O)[C@H](O)[C@H]3O)[C@H](O)[C@@H](O)[C@@H]2O)cc1. The summed E-state index contributed by atoms with van der Waals surface area (Å²) in [5, 5.41) is 110. The van der Waals surface area contributed by atoms with Gasteiger partial charge in [0.25, 0.3) is 0 Å². The fourth-order valence-corrected chi connectivity index (χ4v) is 16.3. The number of rotatable bonds is 8. The summed E-state index contributed by atoms with van der Waals surface area (Å²) in [6.45, 7) is 3.08. The zero-order chi connectivity index (χ0) is 58.3. The second-order valence-corrected chi connectivity index (χ2v) is 25.3. The van der Waals surface area contributed by atoms with E-state index in [0.717, 1.165) is 64.2 Å². The van der Waals surface area contributed by atoms with Crippen molar-refractivity contribution in [3.63, 3.8) is 0 Å². The van der Waals surface area contributed by atoms with Crippen molar-refractivity contribution in [2.75, 3.05) is 13.2 Å². The monoisotopic (exact) mass is 1140 g/mol. The third-order valence-electron chi connectivity index (χ3n) is 21.2. The number of hydrogen-bond donors (Lipinski definition) is 10. The molecule has 83 heavy (non-hydrogen) atoms. The largest absolute Gasteiger partial charge is 0.508 e. The highest BCUT2D eigenvalue weighted by molar-refractivity contribution is 5.90. The Morgan fingerprint density at radius 2 is 0.916 bits per heavy atom. The standard InChI is InChI=1S/C66H74O17/c1-63-25-21-45-43-17-13-41(67)31-39(43)11-15-47(45)49(63)23-29-65(63,77)27-19-35-3-7-37(8-4-35)59(75)79-33-51-53(69)55(71)57(73)61(81-51)83-62-58(74)56(72)54(70)52(82-62)34-80-60(76)38-9-5-36(6-10-38)20-28-66(78)30-24-50-48-16-12-40-32-42(68)14-18-44(40)46(48)22-26-64(50,66)2/h3-10,13-14,17-18,31-32,45-58,61-62,67-74,77-78H,11-12,15-16,21-26,29-30,33-34H2,1-2H3/t45-,46-,47-,48-,49+,50+,51-,52-,53-,54-,55+,56+,57-,58-,61-,62-,63+,64+,65-,66-/m1/s1. The third-order valence-corrected chi connectivity index (χ3v) is 21.2. The van der Waals surface area contributed by atoms with Crippen LogP contribution in [0.1, 0.15) is 144 Å². The number of hydrogen-bond acceptors (Lipinski definition) is 17. The van der Waals surface area contributed by atoms with E-state index < -0.39 is 109 Å². The van der Waals surface area contributed by atoms with Crippen LogP contribution in [-0.2, 0) is 36.5 Å². The lowest BCUT2D eigenvalue weighted by Crippen LogP contribution is -2.64. The Kier molecular flexibility index (Phi) is 15.4. The lowest BCUT2D eigenvalue weighted by atomic mass is 9.53. The summed E-state index contributed by atoms with van der Waals surface area (Å²) in [4.78, 5) is 26.6. The average Bonchev–Trinajstić information content (AvgIpc) is 1.83. The van der Waals surface area contributed by atoms with Gasteiger partial charge in [-0.1, -0.05) is 49.7 Å². The minimum Gasteiger partial charge on any atom is -0.508 e. The molecule has 17 nitrogen and oxygen atoms in total. The van der Waals surface area contributed by atoms with Crippen molar-refractivity contribution in [1.29, 1.82) is 0 Å². The van der Waals surface area contributed by atoms with Gasteiger partial charge in [-0.25, -0.2) is 9.59 Å². The highest BCUT2D eigenvalue weighted by atomic mass is 16.8. The van der Waals surface area contributed by atoms with Crippen LogP contribution >= 0.6 is 0 Å². The topological polar surface area (TPSA) is 283 Å². The van der Waals surface area contributed by atoms with Crippen LogP contribution in [0.15, 0.2) is 84.9 Å². The zero-order valence-corrected chi connectivity index (χ0v) is 46.5. The van der Waals surface area contributed by atoms with Gasteiger partial charge in [0.1, 0.15) is 84.7 Å². The van der Waals surface area contributed by atoms with Gasteiger partial charge in [-0.3, -0.25) is 0 Å². The predicted octanol–water partition coefficient (Wildman–Crippen LogP) is 5.02. The first-order chi connectivity index (χ1) is 39.7. The van der Waals surface area contributed by atoms with E-state index in [2.05, 4.69) is 49.7 Å². The number of phenols is 2. The first kappa shape index (κ1) is 57.5. The summed E-state index contributed by atoms with van der Waals surface area (Å²) >= 11 is 0. The molecule has 4 saturated carbocycles. The molecule has 20 atom stereocenters. The molecule has 10 N–H and O–H groups in total. The van der Waals surface area contributed by atoms with E-state index >= 15 is 0 Å². The fraction of sp³-hybridized carbons (Fsp3) is 0.545.